The van der Waals surface area contributed by atoms with Gasteiger partial charge >= 0.3 is 0 Å². The van der Waals surface area contributed by atoms with Crippen molar-refractivity contribution in [1.29, 1.82) is 0 Å². The number of hydrogen-bond donors (Lipinski definition) is 0. The summed E-state index contributed by atoms with van der Waals surface area (Å²) in [6, 6.07) is 22.7. The van der Waals surface area contributed by atoms with Crippen molar-refractivity contribution in [3.63, 3.8) is 0 Å². The minimum Gasteiger partial charge on any atom is -0.491 e. The molecule has 0 unspecified atom stereocenters. The minimum atomic E-state index is -0.266. The van der Waals surface area contributed by atoms with Gasteiger partial charge in [0.05, 0.1) is 21.3 Å². The molecule has 3 heterocycles. The summed E-state index contributed by atoms with van der Waals surface area (Å²) < 4.78 is 9.40. The molecule has 0 aliphatic carbocycles. The van der Waals surface area contributed by atoms with Gasteiger partial charge in [0, 0.05) is 27.9 Å². The molecule has 6 rings (SSSR count). The van der Waals surface area contributed by atoms with Crippen LogP contribution in [0, 0.1) is 0 Å². The van der Waals surface area contributed by atoms with Gasteiger partial charge in [-0.2, -0.15) is 14.6 Å². The van der Waals surface area contributed by atoms with Gasteiger partial charge in [0.1, 0.15) is 11.4 Å². The molecule has 6 aromatic rings. The molecular formula is C29H21Cl2N5O2S. The Bertz CT molecular complexity index is 1910. The van der Waals surface area contributed by atoms with Gasteiger partial charge in [-0.05, 0) is 74.5 Å². The molecule has 0 saturated carbocycles. The Morgan fingerprint density at radius 3 is 2.44 bits per heavy atom. The summed E-state index contributed by atoms with van der Waals surface area (Å²) in [5.74, 6) is 1.15. The standard InChI is InChI=1S/C29H21Cl2N5O2S/c1-17(2)38-22-11-8-18(9-12-22)26-19(16-35(33-26)21-6-4-3-5-7-21)14-25-28(37)36-29(39-25)32-27(34-36)23-13-10-20(30)15-24(23)31/h3-17H,1-2H3. The van der Waals surface area contributed by atoms with Crippen LogP contribution in [0.4, 0.5) is 0 Å². The normalized spacial score (nSPS) is 12.1. The number of para-hydroxylation sites is 1. The maximum atomic E-state index is 13.3. The molecular weight excluding hydrogens is 553 g/mol. The van der Waals surface area contributed by atoms with E-state index >= 15 is 0 Å². The van der Waals surface area contributed by atoms with E-state index in [1.165, 1.54) is 15.9 Å². The smallest absolute Gasteiger partial charge is 0.291 e. The molecule has 0 amide bonds. The average molecular weight is 574 g/mol. The summed E-state index contributed by atoms with van der Waals surface area (Å²) in [7, 11) is 0. The van der Waals surface area contributed by atoms with E-state index in [1.54, 1.807) is 18.2 Å². The molecule has 7 nitrogen and oxygen atoms in total. The van der Waals surface area contributed by atoms with Gasteiger partial charge in [0.15, 0.2) is 5.82 Å². The molecule has 10 heteroatoms. The fourth-order valence-electron chi connectivity index (χ4n) is 4.15. The molecule has 3 aromatic carbocycles. The van der Waals surface area contributed by atoms with E-state index < -0.39 is 0 Å². The highest BCUT2D eigenvalue weighted by atomic mass is 35.5. The number of rotatable bonds is 6. The lowest BCUT2D eigenvalue weighted by atomic mass is 10.1. The van der Waals surface area contributed by atoms with Gasteiger partial charge < -0.3 is 4.74 Å². The van der Waals surface area contributed by atoms with E-state index in [0.717, 1.165) is 28.3 Å². The maximum Gasteiger partial charge on any atom is 0.291 e. The molecule has 39 heavy (non-hydrogen) atoms. The van der Waals surface area contributed by atoms with Crippen LogP contribution in [-0.4, -0.2) is 30.5 Å². The largest absolute Gasteiger partial charge is 0.491 e. The number of nitrogens with zero attached hydrogens (tertiary/aromatic N) is 5. The number of thiazole rings is 1. The van der Waals surface area contributed by atoms with Gasteiger partial charge in [-0.15, -0.1) is 5.10 Å². The SMILES string of the molecule is CC(C)Oc1ccc(-c2nn(-c3ccccc3)cc2C=c2sc3nc(-c4ccc(Cl)cc4Cl)nn3c2=O)cc1. The average Bonchev–Trinajstić information content (AvgIpc) is 3.60. The molecule has 0 saturated heterocycles. The number of ether oxygens (including phenoxy) is 1. The molecule has 0 bridgehead atoms. The summed E-state index contributed by atoms with van der Waals surface area (Å²) in [5.41, 5.74) is 3.68. The number of aromatic nitrogens is 5. The lowest BCUT2D eigenvalue weighted by Crippen LogP contribution is -2.23. The quantitative estimate of drug-likeness (QED) is 0.233. The first-order chi connectivity index (χ1) is 18.9. The Labute approximate surface area is 237 Å². The molecule has 3 aromatic heterocycles. The van der Waals surface area contributed by atoms with Gasteiger partial charge in [0.25, 0.3) is 5.56 Å². The number of fused-ring (bicyclic) bond motifs is 1. The van der Waals surface area contributed by atoms with Crippen molar-refractivity contribution >= 4 is 45.6 Å². The van der Waals surface area contributed by atoms with Crippen molar-refractivity contribution in [2.45, 2.75) is 20.0 Å². The first-order valence-electron chi connectivity index (χ1n) is 12.1. The number of hydrogen-bond acceptors (Lipinski definition) is 6. The van der Waals surface area contributed by atoms with E-state index in [-0.39, 0.29) is 11.7 Å². The molecule has 0 atom stereocenters. The maximum absolute atomic E-state index is 13.3. The lowest BCUT2D eigenvalue weighted by molar-refractivity contribution is 0.242. The van der Waals surface area contributed by atoms with Gasteiger partial charge in [-0.1, -0.05) is 52.7 Å². The second-order valence-corrected chi connectivity index (χ2v) is 10.9. The van der Waals surface area contributed by atoms with Gasteiger partial charge in [-0.25, -0.2) is 4.68 Å². The highest BCUT2D eigenvalue weighted by Gasteiger charge is 2.16. The Morgan fingerprint density at radius 1 is 0.974 bits per heavy atom. The third-order valence-corrected chi connectivity index (χ3v) is 7.41. The third kappa shape index (κ3) is 5.06. The van der Waals surface area contributed by atoms with Crippen LogP contribution >= 0.6 is 34.5 Å². The Kier molecular flexibility index (Phi) is 6.68. The van der Waals surface area contributed by atoms with Crippen LogP contribution < -0.4 is 14.8 Å². The van der Waals surface area contributed by atoms with Crippen LogP contribution in [0.2, 0.25) is 10.0 Å². The van der Waals surface area contributed by atoms with Gasteiger partial charge in [0.2, 0.25) is 4.96 Å². The lowest BCUT2D eigenvalue weighted by Gasteiger charge is -2.09. The van der Waals surface area contributed by atoms with E-state index in [4.69, 9.17) is 33.0 Å². The predicted molar refractivity (Wildman–Crippen MR) is 156 cm³/mol. The minimum absolute atomic E-state index is 0.0788. The van der Waals surface area contributed by atoms with Crippen LogP contribution in [0.25, 0.3) is 39.4 Å². The summed E-state index contributed by atoms with van der Waals surface area (Å²) in [6.07, 6.45) is 3.82. The Hall–Kier alpha value is -3.98. The van der Waals surface area contributed by atoms with Crippen molar-refractivity contribution in [2.24, 2.45) is 0 Å². The van der Waals surface area contributed by atoms with E-state index in [1.807, 2.05) is 85.4 Å². The highest BCUT2D eigenvalue weighted by Crippen LogP contribution is 2.29. The van der Waals surface area contributed by atoms with Crippen LogP contribution in [0.3, 0.4) is 0 Å². The van der Waals surface area contributed by atoms with E-state index in [2.05, 4.69) is 10.1 Å². The number of halogens is 2. The molecule has 0 spiro atoms. The Balaban J connectivity index is 1.45. The Morgan fingerprint density at radius 2 is 1.74 bits per heavy atom. The second kappa shape index (κ2) is 10.3. The summed E-state index contributed by atoms with van der Waals surface area (Å²) in [4.78, 5) is 18.4. The van der Waals surface area contributed by atoms with Crippen LogP contribution in [0.5, 0.6) is 5.75 Å². The molecule has 0 aliphatic heterocycles. The van der Waals surface area contributed by atoms with Crippen LogP contribution in [0.1, 0.15) is 19.4 Å². The fourth-order valence-corrected chi connectivity index (χ4v) is 5.55. The predicted octanol–water partition coefficient (Wildman–Crippen LogP) is 6.31. The zero-order chi connectivity index (χ0) is 27.1. The van der Waals surface area contributed by atoms with E-state index in [0.29, 0.717) is 30.9 Å². The summed E-state index contributed by atoms with van der Waals surface area (Å²) in [6.45, 7) is 3.98. The van der Waals surface area contributed by atoms with Crippen molar-refractivity contribution < 1.29 is 4.74 Å². The topological polar surface area (TPSA) is 74.3 Å². The first-order valence-corrected chi connectivity index (χ1v) is 13.7. The van der Waals surface area contributed by atoms with Gasteiger partial charge in [-0.3, -0.25) is 4.79 Å². The van der Waals surface area contributed by atoms with Crippen LogP contribution in [-0.2, 0) is 0 Å². The summed E-state index contributed by atoms with van der Waals surface area (Å²) in [5, 5.41) is 10.2. The third-order valence-electron chi connectivity index (χ3n) is 5.90. The van der Waals surface area contributed by atoms with Crippen molar-refractivity contribution in [2.75, 3.05) is 0 Å². The molecule has 194 valence electrons. The zero-order valence-corrected chi connectivity index (χ0v) is 23.2. The fraction of sp³-hybridized carbons (Fsp3) is 0.103. The molecule has 0 aliphatic rings. The summed E-state index contributed by atoms with van der Waals surface area (Å²) >= 11 is 13.6. The first kappa shape index (κ1) is 25.3. The van der Waals surface area contributed by atoms with Crippen molar-refractivity contribution in [1.82, 2.24) is 24.4 Å². The zero-order valence-electron chi connectivity index (χ0n) is 20.9. The highest BCUT2D eigenvalue weighted by molar-refractivity contribution is 7.15. The molecule has 0 radical (unpaired) electrons. The molecule has 0 fully saturated rings. The van der Waals surface area contributed by atoms with Crippen molar-refractivity contribution in [3.05, 3.63) is 109 Å². The number of benzene rings is 3. The second-order valence-electron chi connectivity index (χ2n) is 9.07. The molecule has 0 N–H and O–H groups in total. The van der Waals surface area contributed by atoms with Crippen LogP contribution in [0.15, 0.2) is 83.8 Å². The van der Waals surface area contributed by atoms with E-state index in [9.17, 15) is 4.79 Å². The van der Waals surface area contributed by atoms with Crippen molar-refractivity contribution in [3.8, 4) is 34.1 Å². The monoisotopic (exact) mass is 573 g/mol.